The van der Waals surface area contributed by atoms with Crippen molar-refractivity contribution in [3.63, 3.8) is 0 Å². The molecule has 3 heteroatoms. The normalized spacial score (nSPS) is 29.1. The van der Waals surface area contributed by atoms with Crippen molar-refractivity contribution in [1.29, 1.82) is 0 Å². The molecule has 3 unspecified atom stereocenters. The van der Waals surface area contributed by atoms with Gasteiger partial charge in [0.05, 0.1) is 25.4 Å². The number of fused-ring (bicyclic) bond motifs is 1. The third kappa shape index (κ3) is 3.65. The van der Waals surface area contributed by atoms with Gasteiger partial charge in [0.1, 0.15) is 0 Å². The molecule has 21 heavy (non-hydrogen) atoms. The molecule has 1 saturated heterocycles. The van der Waals surface area contributed by atoms with E-state index in [-0.39, 0.29) is 6.10 Å². The molecule has 116 valence electrons. The van der Waals surface area contributed by atoms with Crippen LogP contribution in [0.3, 0.4) is 0 Å². The van der Waals surface area contributed by atoms with Crippen LogP contribution < -0.4 is 5.32 Å². The molecule has 0 radical (unpaired) electrons. The maximum Gasteiger partial charge on any atom is 0.0770 e. The molecule has 0 spiro atoms. The Labute approximate surface area is 128 Å². The molecule has 0 amide bonds. The largest absolute Gasteiger partial charge is 0.381 e. The first-order chi connectivity index (χ1) is 10.4. The molecular formula is C18H27NO2. The van der Waals surface area contributed by atoms with Crippen molar-refractivity contribution in [3.05, 3.63) is 35.4 Å². The van der Waals surface area contributed by atoms with Crippen molar-refractivity contribution >= 4 is 0 Å². The molecule has 1 aromatic rings. The van der Waals surface area contributed by atoms with Crippen LogP contribution in [-0.4, -0.2) is 32.5 Å². The number of rotatable bonds is 5. The third-order valence-electron chi connectivity index (χ3n) is 4.69. The molecule has 1 heterocycles. The van der Waals surface area contributed by atoms with E-state index in [1.807, 2.05) is 0 Å². The Morgan fingerprint density at radius 2 is 2.19 bits per heavy atom. The van der Waals surface area contributed by atoms with Crippen molar-refractivity contribution < 1.29 is 9.47 Å². The van der Waals surface area contributed by atoms with Gasteiger partial charge in [-0.2, -0.15) is 0 Å². The number of hydrogen-bond donors (Lipinski definition) is 1. The van der Waals surface area contributed by atoms with Crippen molar-refractivity contribution in [2.45, 2.75) is 44.8 Å². The van der Waals surface area contributed by atoms with Gasteiger partial charge in [-0.15, -0.1) is 0 Å². The minimum atomic E-state index is 0.286. The smallest absolute Gasteiger partial charge is 0.0770 e. The standard InChI is InChI=1S/C18H27NO2/c1-2-19-18-16-8-4-3-6-15(16)7-5-9-17(18)21-13-14-10-11-20-12-14/h3-4,6,8,14,17-19H,2,5,7,9-13H2,1H3. The average Bonchev–Trinajstić information content (AvgIpc) is 2.96. The first kappa shape index (κ1) is 15.0. The van der Waals surface area contributed by atoms with E-state index >= 15 is 0 Å². The molecule has 3 atom stereocenters. The number of nitrogens with one attached hydrogen (secondary N) is 1. The third-order valence-corrected chi connectivity index (χ3v) is 4.69. The fourth-order valence-electron chi connectivity index (χ4n) is 3.54. The second-order valence-electron chi connectivity index (χ2n) is 6.23. The van der Waals surface area contributed by atoms with Crippen molar-refractivity contribution in [2.24, 2.45) is 5.92 Å². The summed E-state index contributed by atoms with van der Waals surface area (Å²) in [6, 6.07) is 9.17. The van der Waals surface area contributed by atoms with Crippen molar-refractivity contribution in [2.75, 3.05) is 26.4 Å². The lowest BCUT2D eigenvalue weighted by molar-refractivity contribution is -0.000266. The molecule has 1 aliphatic carbocycles. The highest BCUT2D eigenvalue weighted by molar-refractivity contribution is 5.32. The predicted octanol–water partition coefficient (Wildman–Crippen LogP) is 3.10. The summed E-state index contributed by atoms with van der Waals surface area (Å²) in [6.07, 6.45) is 4.96. The molecule has 3 nitrogen and oxygen atoms in total. The first-order valence-corrected chi connectivity index (χ1v) is 8.39. The van der Waals surface area contributed by atoms with Gasteiger partial charge >= 0.3 is 0 Å². The van der Waals surface area contributed by atoms with Gasteiger partial charge in [0.25, 0.3) is 0 Å². The second-order valence-corrected chi connectivity index (χ2v) is 6.23. The monoisotopic (exact) mass is 289 g/mol. The maximum absolute atomic E-state index is 6.33. The van der Waals surface area contributed by atoms with E-state index in [4.69, 9.17) is 9.47 Å². The van der Waals surface area contributed by atoms with Crippen LogP contribution in [0.5, 0.6) is 0 Å². The topological polar surface area (TPSA) is 30.5 Å². The number of hydrogen-bond acceptors (Lipinski definition) is 3. The Balaban J connectivity index is 1.71. The summed E-state index contributed by atoms with van der Waals surface area (Å²) < 4.78 is 11.8. The molecule has 1 aliphatic heterocycles. The minimum Gasteiger partial charge on any atom is -0.381 e. The number of ether oxygens (including phenoxy) is 2. The van der Waals surface area contributed by atoms with Crippen LogP contribution in [0.15, 0.2) is 24.3 Å². The summed E-state index contributed by atoms with van der Waals surface area (Å²) in [5, 5.41) is 3.65. The second kappa shape index (κ2) is 7.39. The van der Waals surface area contributed by atoms with Crippen LogP contribution in [0.2, 0.25) is 0 Å². The van der Waals surface area contributed by atoms with Gasteiger partial charge in [-0.25, -0.2) is 0 Å². The Morgan fingerprint density at radius 3 is 3.00 bits per heavy atom. The van der Waals surface area contributed by atoms with Crippen LogP contribution in [0.1, 0.15) is 43.4 Å². The van der Waals surface area contributed by atoms with Gasteiger partial charge in [-0.05, 0) is 43.4 Å². The fraction of sp³-hybridized carbons (Fsp3) is 0.667. The Morgan fingerprint density at radius 1 is 1.29 bits per heavy atom. The Hall–Kier alpha value is -0.900. The maximum atomic E-state index is 6.33. The van der Waals surface area contributed by atoms with Crippen LogP contribution in [0.4, 0.5) is 0 Å². The summed E-state index contributed by atoms with van der Waals surface area (Å²) in [5.74, 6) is 0.589. The number of aryl methyl sites for hydroxylation is 1. The fourth-order valence-corrected chi connectivity index (χ4v) is 3.54. The lowest BCUT2D eigenvalue weighted by Gasteiger charge is -2.28. The molecule has 2 aliphatic rings. The van der Waals surface area contributed by atoms with E-state index in [9.17, 15) is 0 Å². The van der Waals surface area contributed by atoms with E-state index in [1.165, 1.54) is 24.0 Å². The van der Waals surface area contributed by atoms with E-state index in [1.54, 1.807) is 0 Å². The summed E-state index contributed by atoms with van der Waals surface area (Å²) >= 11 is 0. The van der Waals surface area contributed by atoms with Gasteiger partial charge in [0.2, 0.25) is 0 Å². The molecule has 1 aromatic carbocycles. The zero-order chi connectivity index (χ0) is 14.5. The molecule has 1 fully saturated rings. The van der Waals surface area contributed by atoms with Gasteiger partial charge in [0.15, 0.2) is 0 Å². The van der Waals surface area contributed by atoms with Crippen LogP contribution in [-0.2, 0) is 15.9 Å². The van der Waals surface area contributed by atoms with E-state index < -0.39 is 0 Å². The molecule has 0 saturated carbocycles. The molecule has 1 N–H and O–H groups in total. The predicted molar refractivity (Wildman–Crippen MR) is 84.5 cm³/mol. The van der Waals surface area contributed by atoms with Gasteiger partial charge < -0.3 is 14.8 Å². The average molecular weight is 289 g/mol. The number of likely N-dealkylation sites (N-methyl/N-ethyl adjacent to an activating group) is 1. The lowest BCUT2D eigenvalue weighted by atomic mass is 9.97. The SMILES string of the molecule is CCNC1c2ccccc2CCCC1OCC1CCOC1. The van der Waals surface area contributed by atoms with Gasteiger partial charge in [-0.1, -0.05) is 31.2 Å². The van der Waals surface area contributed by atoms with Crippen LogP contribution in [0.25, 0.3) is 0 Å². The highest BCUT2D eigenvalue weighted by Gasteiger charge is 2.28. The summed E-state index contributed by atoms with van der Waals surface area (Å²) in [7, 11) is 0. The van der Waals surface area contributed by atoms with E-state index in [0.717, 1.165) is 39.2 Å². The van der Waals surface area contributed by atoms with Crippen LogP contribution in [0, 0.1) is 5.92 Å². The van der Waals surface area contributed by atoms with E-state index in [0.29, 0.717) is 12.0 Å². The molecule has 0 bridgehead atoms. The molecule has 0 aromatic heterocycles. The molecular weight excluding hydrogens is 262 g/mol. The first-order valence-electron chi connectivity index (χ1n) is 8.39. The van der Waals surface area contributed by atoms with Crippen molar-refractivity contribution in [3.8, 4) is 0 Å². The van der Waals surface area contributed by atoms with Gasteiger partial charge in [0, 0.05) is 12.5 Å². The highest BCUT2D eigenvalue weighted by atomic mass is 16.5. The van der Waals surface area contributed by atoms with Gasteiger partial charge in [-0.3, -0.25) is 0 Å². The summed E-state index contributed by atoms with van der Waals surface area (Å²) in [5.41, 5.74) is 2.92. The minimum absolute atomic E-state index is 0.286. The van der Waals surface area contributed by atoms with Crippen molar-refractivity contribution in [1.82, 2.24) is 5.32 Å². The number of benzene rings is 1. The Bertz CT molecular complexity index is 443. The van der Waals surface area contributed by atoms with E-state index in [2.05, 4.69) is 36.5 Å². The summed E-state index contributed by atoms with van der Waals surface area (Å²) in [4.78, 5) is 0. The molecule has 3 rings (SSSR count). The van der Waals surface area contributed by atoms with Crippen LogP contribution >= 0.6 is 0 Å². The lowest BCUT2D eigenvalue weighted by Crippen LogP contribution is -2.34. The Kier molecular flexibility index (Phi) is 5.28. The highest BCUT2D eigenvalue weighted by Crippen LogP contribution is 2.31. The zero-order valence-corrected chi connectivity index (χ0v) is 13.0. The summed E-state index contributed by atoms with van der Waals surface area (Å²) in [6.45, 7) is 5.77. The zero-order valence-electron chi connectivity index (χ0n) is 13.0. The quantitative estimate of drug-likeness (QED) is 0.845.